The minimum atomic E-state index is 0.141. The van der Waals surface area contributed by atoms with Crippen LogP contribution < -0.4 is 0 Å². The fourth-order valence-electron chi connectivity index (χ4n) is 2.26. The first kappa shape index (κ1) is 16.0. The van der Waals surface area contributed by atoms with E-state index >= 15 is 0 Å². The minimum Gasteiger partial charge on any atom is -0.294 e. The van der Waals surface area contributed by atoms with E-state index in [0.29, 0.717) is 6.42 Å². The lowest BCUT2D eigenvalue weighted by molar-refractivity contribution is 0.0992. The Morgan fingerprint density at radius 3 is 2.24 bits per heavy atom. The number of Topliss-reactive ketones (excluding diaryl/α,β-unsaturated/α-hetero) is 1. The van der Waals surface area contributed by atoms with Gasteiger partial charge in [0.2, 0.25) is 0 Å². The van der Waals surface area contributed by atoms with Crippen LogP contribution in [-0.4, -0.2) is 5.78 Å². The van der Waals surface area contributed by atoms with Gasteiger partial charge in [-0.25, -0.2) is 0 Å². The highest BCUT2D eigenvalue weighted by atomic mass is 79.9. The number of aryl methyl sites for hydroxylation is 1. The quantitative estimate of drug-likeness (QED) is 0.673. The van der Waals surface area contributed by atoms with E-state index in [1.54, 1.807) is 0 Å². The fraction of sp³-hybridized carbons (Fsp3) is 0.316. The number of carbonyl (C=O) groups is 1. The van der Waals surface area contributed by atoms with E-state index in [2.05, 4.69) is 61.0 Å². The molecule has 0 aliphatic rings. The molecule has 0 heterocycles. The summed E-state index contributed by atoms with van der Waals surface area (Å²) in [6, 6.07) is 14.2. The van der Waals surface area contributed by atoms with Gasteiger partial charge >= 0.3 is 0 Å². The topological polar surface area (TPSA) is 17.1 Å². The summed E-state index contributed by atoms with van der Waals surface area (Å²) in [5.41, 5.74) is 4.35. The molecular weight excluding hydrogens is 324 g/mol. The fourth-order valence-corrected chi connectivity index (χ4v) is 2.72. The van der Waals surface area contributed by atoms with Gasteiger partial charge in [-0.2, -0.15) is 0 Å². The van der Waals surface area contributed by atoms with Crippen LogP contribution in [0.2, 0.25) is 0 Å². The lowest BCUT2D eigenvalue weighted by Crippen LogP contribution is -2.11. The van der Waals surface area contributed by atoms with Crippen LogP contribution in [0.4, 0.5) is 0 Å². The number of benzene rings is 2. The first-order valence-corrected chi connectivity index (χ1v) is 7.95. The zero-order valence-corrected chi connectivity index (χ0v) is 14.6. The number of carbonyl (C=O) groups excluding carboxylic acids is 1. The molecule has 2 rings (SSSR count). The zero-order valence-electron chi connectivity index (χ0n) is 13.0. The summed E-state index contributed by atoms with van der Waals surface area (Å²) in [6.45, 7) is 8.58. The van der Waals surface area contributed by atoms with E-state index in [9.17, 15) is 4.79 Å². The monoisotopic (exact) mass is 344 g/mol. The van der Waals surface area contributed by atoms with E-state index < -0.39 is 0 Å². The van der Waals surface area contributed by atoms with Crippen LogP contribution in [0.1, 0.15) is 47.8 Å². The van der Waals surface area contributed by atoms with Crippen molar-refractivity contribution in [3.8, 4) is 0 Å². The van der Waals surface area contributed by atoms with Gasteiger partial charge in [0.1, 0.15) is 0 Å². The van der Waals surface area contributed by atoms with Crippen molar-refractivity contribution in [2.75, 3.05) is 0 Å². The first-order chi connectivity index (χ1) is 9.77. The predicted molar refractivity (Wildman–Crippen MR) is 92.1 cm³/mol. The predicted octanol–water partition coefficient (Wildman–Crippen LogP) is 5.48. The van der Waals surface area contributed by atoms with Crippen molar-refractivity contribution in [1.82, 2.24) is 0 Å². The van der Waals surface area contributed by atoms with Crippen LogP contribution in [0.15, 0.2) is 46.9 Å². The highest BCUT2D eigenvalue weighted by Crippen LogP contribution is 2.24. The van der Waals surface area contributed by atoms with Gasteiger partial charge in [-0.05, 0) is 35.6 Å². The Labute approximate surface area is 135 Å². The van der Waals surface area contributed by atoms with Gasteiger partial charge in [-0.1, -0.05) is 72.6 Å². The summed E-state index contributed by atoms with van der Waals surface area (Å²) < 4.78 is 0.865. The maximum absolute atomic E-state index is 12.4. The van der Waals surface area contributed by atoms with Crippen LogP contribution in [0.5, 0.6) is 0 Å². The summed E-state index contributed by atoms with van der Waals surface area (Å²) in [5.74, 6) is 0.147. The standard InChI is InChI=1S/C19H21BrO/c1-13-5-10-17(20)16(11-13)18(21)12-14-6-8-15(9-7-14)19(2,3)4/h5-11H,12H2,1-4H3. The number of hydrogen-bond acceptors (Lipinski definition) is 1. The SMILES string of the molecule is Cc1ccc(Br)c(C(=O)Cc2ccc(C(C)(C)C)cc2)c1. The van der Waals surface area contributed by atoms with Crippen molar-refractivity contribution in [3.63, 3.8) is 0 Å². The highest BCUT2D eigenvalue weighted by Gasteiger charge is 2.14. The van der Waals surface area contributed by atoms with Gasteiger partial charge in [0.15, 0.2) is 5.78 Å². The Morgan fingerprint density at radius 2 is 1.67 bits per heavy atom. The largest absolute Gasteiger partial charge is 0.294 e. The van der Waals surface area contributed by atoms with Crippen molar-refractivity contribution < 1.29 is 4.79 Å². The smallest absolute Gasteiger partial charge is 0.168 e. The van der Waals surface area contributed by atoms with Crippen molar-refractivity contribution in [3.05, 3.63) is 69.2 Å². The van der Waals surface area contributed by atoms with Crippen LogP contribution in [0.25, 0.3) is 0 Å². The molecule has 0 bridgehead atoms. The molecule has 2 heteroatoms. The summed E-state index contributed by atoms with van der Waals surface area (Å²) in [4.78, 5) is 12.4. The molecule has 1 nitrogen and oxygen atoms in total. The summed E-state index contributed by atoms with van der Waals surface area (Å²) in [6.07, 6.45) is 0.437. The molecule has 21 heavy (non-hydrogen) atoms. The number of hydrogen-bond donors (Lipinski definition) is 0. The average molecular weight is 345 g/mol. The van der Waals surface area contributed by atoms with E-state index in [-0.39, 0.29) is 11.2 Å². The molecule has 0 N–H and O–H groups in total. The van der Waals surface area contributed by atoms with Gasteiger partial charge in [-0.15, -0.1) is 0 Å². The van der Waals surface area contributed by atoms with E-state index in [0.717, 1.165) is 21.2 Å². The van der Waals surface area contributed by atoms with Crippen molar-refractivity contribution in [1.29, 1.82) is 0 Å². The summed E-state index contributed by atoms with van der Waals surface area (Å²) in [7, 11) is 0. The molecule has 0 saturated carbocycles. The average Bonchev–Trinajstić information content (AvgIpc) is 2.41. The first-order valence-electron chi connectivity index (χ1n) is 7.16. The third kappa shape index (κ3) is 4.04. The second-order valence-corrected chi connectivity index (χ2v) is 7.38. The molecule has 0 radical (unpaired) electrons. The maximum Gasteiger partial charge on any atom is 0.168 e. The molecule has 0 atom stereocenters. The molecule has 0 aliphatic heterocycles. The molecule has 0 aliphatic carbocycles. The molecule has 2 aromatic rings. The molecule has 0 unspecified atom stereocenters. The van der Waals surface area contributed by atoms with Crippen LogP contribution in [-0.2, 0) is 11.8 Å². The van der Waals surface area contributed by atoms with Gasteiger partial charge in [-0.3, -0.25) is 4.79 Å². The minimum absolute atomic E-state index is 0.141. The summed E-state index contributed by atoms with van der Waals surface area (Å²) >= 11 is 3.46. The van der Waals surface area contributed by atoms with Crippen molar-refractivity contribution >= 4 is 21.7 Å². The zero-order chi connectivity index (χ0) is 15.6. The lowest BCUT2D eigenvalue weighted by atomic mass is 9.86. The molecule has 0 fully saturated rings. The van der Waals surface area contributed by atoms with Gasteiger partial charge in [0.25, 0.3) is 0 Å². The van der Waals surface area contributed by atoms with E-state index in [1.165, 1.54) is 5.56 Å². The summed E-state index contributed by atoms with van der Waals surface area (Å²) in [5, 5.41) is 0. The van der Waals surface area contributed by atoms with Crippen molar-refractivity contribution in [2.24, 2.45) is 0 Å². The molecule has 2 aromatic carbocycles. The normalized spacial score (nSPS) is 11.5. The highest BCUT2D eigenvalue weighted by molar-refractivity contribution is 9.10. The van der Waals surface area contributed by atoms with Gasteiger partial charge in [0, 0.05) is 16.5 Å². The molecular formula is C19H21BrO. The molecule has 0 aromatic heterocycles. The molecule has 0 amide bonds. The Balaban J connectivity index is 2.18. The molecule has 0 saturated heterocycles. The molecule has 110 valence electrons. The van der Waals surface area contributed by atoms with Crippen LogP contribution >= 0.6 is 15.9 Å². The number of rotatable bonds is 3. The second kappa shape index (κ2) is 6.15. The number of halogens is 1. The van der Waals surface area contributed by atoms with E-state index in [1.807, 2.05) is 25.1 Å². The van der Waals surface area contributed by atoms with E-state index in [4.69, 9.17) is 0 Å². The van der Waals surface area contributed by atoms with Crippen LogP contribution in [0, 0.1) is 6.92 Å². The maximum atomic E-state index is 12.4. The van der Waals surface area contributed by atoms with Crippen molar-refractivity contribution in [2.45, 2.75) is 39.5 Å². The Bertz CT molecular complexity index is 648. The Hall–Kier alpha value is -1.41. The van der Waals surface area contributed by atoms with Crippen LogP contribution in [0.3, 0.4) is 0 Å². The van der Waals surface area contributed by atoms with Gasteiger partial charge in [0.05, 0.1) is 0 Å². The number of ketones is 1. The van der Waals surface area contributed by atoms with Gasteiger partial charge < -0.3 is 0 Å². The lowest BCUT2D eigenvalue weighted by Gasteiger charge is -2.19. The third-order valence-electron chi connectivity index (χ3n) is 3.61. The molecule has 0 spiro atoms. The Kier molecular flexibility index (Phi) is 4.67. The second-order valence-electron chi connectivity index (χ2n) is 6.53. The third-order valence-corrected chi connectivity index (χ3v) is 4.30. The Morgan fingerprint density at radius 1 is 1.05 bits per heavy atom.